The smallest absolute Gasteiger partial charge is 0.0516 e. The molecular formula is C10H14ClNOS. The van der Waals surface area contributed by atoms with E-state index in [0.717, 1.165) is 31.3 Å². The average molecular weight is 232 g/mol. The van der Waals surface area contributed by atoms with Gasteiger partial charge in [-0.25, -0.2) is 0 Å². The lowest BCUT2D eigenvalue weighted by Crippen LogP contribution is -2.22. The Labute approximate surface area is 93.2 Å². The zero-order valence-electron chi connectivity index (χ0n) is 7.96. The third kappa shape index (κ3) is 2.95. The van der Waals surface area contributed by atoms with Crippen LogP contribution in [-0.2, 0) is 11.3 Å². The largest absolute Gasteiger partial charge is 0.381 e. The molecule has 2 nitrogen and oxygen atoms in total. The molecule has 1 aliphatic heterocycles. The summed E-state index contributed by atoms with van der Waals surface area (Å²) in [5.41, 5.74) is 0. The van der Waals surface area contributed by atoms with Crippen molar-refractivity contribution in [2.45, 2.75) is 13.0 Å². The van der Waals surface area contributed by atoms with Crippen LogP contribution in [0.15, 0.2) is 11.4 Å². The maximum atomic E-state index is 5.83. The highest BCUT2D eigenvalue weighted by atomic mass is 35.5. The number of nitrogens with one attached hydrogen (secondary N) is 1. The minimum absolute atomic E-state index is 0.699. The van der Waals surface area contributed by atoms with Crippen LogP contribution in [0.5, 0.6) is 0 Å². The second-order valence-electron chi connectivity index (χ2n) is 3.59. The Morgan fingerprint density at radius 3 is 3.21 bits per heavy atom. The minimum Gasteiger partial charge on any atom is -0.381 e. The molecular weight excluding hydrogens is 218 g/mol. The van der Waals surface area contributed by atoms with Gasteiger partial charge in [0, 0.05) is 30.0 Å². The maximum absolute atomic E-state index is 5.83. The van der Waals surface area contributed by atoms with Crippen molar-refractivity contribution in [3.8, 4) is 0 Å². The van der Waals surface area contributed by atoms with Gasteiger partial charge in [0.2, 0.25) is 0 Å². The summed E-state index contributed by atoms with van der Waals surface area (Å²) in [5, 5.41) is 6.24. The molecule has 0 bridgehead atoms. The van der Waals surface area contributed by atoms with E-state index in [9.17, 15) is 0 Å². The van der Waals surface area contributed by atoms with Crippen molar-refractivity contribution >= 4 is 22.9 Å². The van der Waals surface area contributed by atoms with Gasteiger partial charge >= 0.3 is 0 Å². The van der Waals surface area contributed by atoms with Crippen LogP contribution >= 0.6 is 22.9 Å². The second-order valence-corrected chi connectivity index (χ2v) is 5.02. The van der Waals surface area contributed by atoms with Crippen LogP contribution in [0.25, 0.3) is 0 Å². The molecule has 4 heteroatoms. The van der Waals surface area contributed by atoms with Gasteiger partial charge in [-0.2, -0.15) is 0 Å². The predicted octanol–water partition coefficient (Wildman–Crippen LogP) is 2.53. The van der Waals surface area contributed by atoms with E-state index in [1.807, 2.05) is 11.4 Å². The van der Waals surface area contributed by atoms with Crippen molar-refractivity contribution in [1.82, 2.24) is 5.32 Å². The van der Waals surface area contributed by atoms with E-state index in [-0.39, 0.29) is 0 Å². The number of thiophene rings is 1. The highest BCUT2D eigenvalue weighted by Crippen LogP contribution is 2.19. The van der Waals surface area contributed by atoms with Crippen LogP contribution in [-0.4, -0.2) is 19.8 Å². The van der Waals surface area contributed by atoms with Crippen LogP contribution < -0.4 is 5.32 Å². The van der Waals surface area contributed by atoms with Gasteiger partial charge < -0.3 is 10.1 Å². The number of hydrogen-bond acceptors (Lipinski definition) is 3. The van der Waals surface area contributed by atoms with Crippen LogP contribution in [0.3, 0.4) is 0 Å². The molecule has 0 aromatic carbocycles. The lowest BCUT2D eigenvalue weighted by molar-refractivity contribution is 0.185. The van der Waals surface area contributed by atoms with E-state index in [0.29, 0.717) is 5.92 Å². The molecule has 2 rings (SSSR count). The number of ether oxygens (including phenoxy) is 1. The Balaban J connectivity index is 1.67. The standard InChI is InChI=1S/C10H14ClNOS/c11-9-3-10(14-7-9)5-12-4-8-1-2-13-6-8/h3,7-8,12H,1-2,4-6H2. The first-order chi connectivity index (χ1) is 6.84. The fraction of sp³-hybridized carbons (Fsp3) is 0.600. The van der Waals surface area contributed by atoms with Crippen molar-refractivity contribution in [3.63, 3.8) is 0 Å². The second kappa shape index (κ2) is 5.12. The van der Waals surface area contributed by atoms with Gasteiger partial charge in [-0.1, -0.05) is 11.6 Å². The van der Waals surface area contributed by atoms with Crippen molar-refractivity contribution in [3.05, 3.63) is 21.3 Å². The molecule has 0 spiro atoms. The first-order valence-corrected chi connectivity index (χ1v) is 6.12. The first kappa shape index (κ1) is 10.4. The quantitative estimate of drug-likeness (QED) is 0.860. The summed E-state index contributed by atoms with van der Waals surface area (Å²) in [6, 6.07) is 2.02. The van der Waals surface area contributed by atoms with Gasteiger partial charge in [-0.3, -0.25) is 0 Å². The summed E-state index contributed by atoms with van der Waals surface area (Å²) in [5.74, 6) is 0.699. The van der Waals surface area contributed by atoms with Crippen molar-refractivity contribution in [2.75, 3.05) is 19.8 Å². The molecule has 1 saturated heterocycles. The molecule has 1 aliphatic rings. The third-order valence-electron chi connectivity index (χ3n) is 2.38. The van der Waals surface area contributed by atoms with Gasteiger partial charge in [0.1, 0.15) is 0 Å². The Bertz CT molecular complexity index is 283. The van der Waals surface area contributed by atoms with Gasteiger partial charge in [0.05, 0.1) is 11.6 Å². The Hall–Kier alpha value is -0.0900. The zero-order chi connectivity index (χ0) is 9.80. The van der Waals surface area contributed by atoms with Gasteiger partial charge in [-0.15, -0.1) is 11.3 Å². The molecule has 0 radical (unpaired) electrons. The lowest BCUT2D eigenvalue weighted by atomic mass is 10.1. The topological polar surface area (TPSA) is 21.3 Å². The lowest BCUT2D eigenvalue weighted by Gasteiger charge is -2.07. The molecule has 1 aromatic heterocycles. The van der Waals surface area contributed by atoms with E-state index in [1.54, 1.807) is 11.3 Å². The third-order valence-corrected chi connectivity index (χ3v) is 3.66. The zero-order valence-corrected chi connectivity index (χ0v) is 9.53. The fourth-order valence-electron chi connectivity index (χ4n) is 1.59. The monoisotopic (exact) mass is 231 g/mol. The summed E-state index contributed by atoms with van der Waals surface area (Å²) in [6.45, 7) is 3.82. The molecule has 0 aliphatic carbocycles. The van der Waals surface area contributed by atoms with Crippen molar-refractivity contribution in [1.29, 1.82) is 0 Å². The molecule has 0 amide bonds. The number of rotatable bonds is 4. The number of hydrogen-bond donors (Lipinski definition) is 1. The highest BCUT2D eigenvalue weighted by molar-refractivity contribution is 7.10. The van der Waals surface area contributed by atoms with E-state index < -0.39 is 0 Å². The van der Waals surface area contributed by atoms with Crippen LogP contribution in [0, 0.1) is 5.92 Å². The molecule has 1 unspecified atom stereocenters. The van der Waals surface area contributed by atoms with Crippen LogP contribution in [0.4, 0.5) is 0 Å². The molecule has 78 valence electrons. The van der Waals surface area contributed by atoms with Crippen LogP contribution in [0.2, 0.25) is 5.02 Å². The fourth-order valence-corrected chi connectivity index (χ4v) is 2.63. The predicted molar refractivity (Wildman–Crippen MR) is 60.0 cm³/mol. The van der Waals surface area contributed by atoms with Gasteiger partial charge in [0.25, 0.3) is 0 Å². The molecule has 14 heavy (non-hydrogen) atoms. The summed E-state index contributed by atoms with van der Waals surface area (Å²) in [7, 11) is 0. The van der Waals surface area contributed by atoms with E-state index in [2.05, 4.69) is 5.32 Å². The van der Waals surface area contributed by atoms with Crippen molar-refractivity contribution in [2.24, 2.45) is 5.92 Å². The SMILES string of the molecule is Clc1csc(CNCC2CCOC2)c1. The normalized spacial score (nSPS) is 21.6. The van der Waals surface area contributed by atoms with Gasteiger partial charge in [-0.05, 0) is 18.4 Å². The van der Waals surface area contributed by atoms with E-state index in [4.69, 9.17) is 16.3 Å². The Morgan fingerprint density at radius 2 is 2.57 bits per heavy atom. The Kier molecular flexibility index (Phi) is 3.81. The molecule has 1 aromatic rings. The summed E-state index contributed by atoms with van der Waals surface area (Å²) >= 11 is 7.54. The average Bonchev–Trinajstić information content (AvgIpc) is 2.77. The number of halogens is 1. The first-order valence-electron chi connectivity index (χ1n) is 4.86. The molecule has 0 saturated carbocycles. The Morgan fingerprint density at radius 1 is 1.64 bits per heavy atom. The maximum Gasteiger partial charge on any atom is 0.0516 e. The van der Waals surface area contributed by atoms with Gasteiger partial charge in [0.15, 0.2) is 0 Å². The molecule has 1 fully saturated rings. The summed E-state index contributed by atoms with van der Waals surface area (Å²) in [4.78, 5) is 1.30. The van der Waals surface area contributed by atoms with E-state index >= 15 is 0 Å². The molecule has 1 atom stereocenters. The van der Waals surface area contributed by atoms with E-state index in [1.165, 1.54) is 11.3 Å². The summed E-state index contributed by atoms with van der Waals surface area (Å²) < 4.78 is 5.31. The summed E-state index contributed by atoms with van der Waals surface area (Å²) in [6.07, 6.45) is 1.19. The van der Waals surface area contributed by atoms with Crippen LogP contribution in [0.1, 0.15) is 11.3 Å². The minimum atomic E-state index is 0.699. The van der Waals surface area contributed by atoms with Crippen molar-refractivity contribution < 1.29 is 4.74 Å². The molecule has 2 heterocycles. The molecule has 1 N–H and O–H groups in total. The highest BCUT2D eigenvalue weighted by Gasteiger charge is 2.14.